The van der Waals surface area contributed by atoms with E-state index in [0.717, 1.165) is 18.2 Å². The molecule has 31 heavy (non-hydrogen) atoms. The topological polar surface area (TPSA) is 102 Å². The lowest BCUT2D eigenvalue weighted by molar-refractivity contribution is -0.171. The van der Waals surface area contributed by atoms with E-state index >= 15 is 0 Å². The van der Waals surface area contributed by atoms with Crippen molar-refractivity contribution < 1.29 is 37.5 Å². The van der Waals surface area contributed by atoms with Gasteiger partial charge < -0.3 is 14.9 Å². The van der Waals surface area contributed by atoms with E-state index in [1.165, 1.54) is 24.3 Å². The summed E-state index contributed by atoms with van der Waals surface area (Å²) >= 11 is 0. The molecule has 0 aromatic heterocycles. The molecule has 162 valence electrons. The maximum Gasteiger partial charge on any atom is 0.408 e. The Morgan fingerprint density at radius 1 is 0.935 bits per heavy atom. The molecule has 0 saturated heterocycles. The molecule has 1 aliphatic heterocycles. The summed E-state index contributed by atoms with van der Waals surface area (Å²) < 4.78 is 33.7. The van der Waals surface area contributed by atoms with Crippen LogP contribution in [0, 0.1) is 11.6 Å². The molecule has 0 fully saturated rings. The largest absolute Gasteiger partial charge is 0.444 e. The van der Waals surface area contributed by atoms with Crippen LogP contribution in [0.2, 0.25) is 0 Å². The maximum atomic E-state index is 14.3. The minimum absolute atomic E-state index is 0.00553. The SMILES string of the molecule is CC(C)(C)OC(=O)NC(C(=O)ON1C(=O)c2ccccc2C1=O)c1c(F)cccc1F. The third kappa shape index (κ3) is 4.52. The fourth-order valence-electron chi connectivity index (χ4n) is 2.85. The molecule has 8 nitrogen and oxygen atoms in total. The molecular weight excluding hydrogens is 414 g/mol. The Morgan fingerprint density at radius 3 is 1.94 bits per heavy atom. The van der Waals surface area contributed by atoms with Gasteiger partial charge >= 0.3 is 12.1 Å². The van der Waals surface area contributed by atoms with Crippen LogP contribution in [0.3, 0.4) is 0 Å². The lowest BCUT2D eigenvalue weighted by Crippen LogP contribution is -2.42. The highest BCUT2D eigenvalue weighted by molar-refractivity contribution is 6.20. The van der Waals surface area contributed by atoms with Crippen LogP contribution in [0.4, 0.5) is 13.6 Å². The average Bonchev–Trinajstić information content (AvgIpc) is 2.91. The monoisotopic (exact) mass is 432 g/mol. The van der Waals surface area contributed by atoms with Crippen molar-refractivity contribution in [3.63, 3.8) is 0 Å². The quantitative estimate of drug-likeness (QED) is 0.744. The minimum Gasteiger partial charge on any atom is -0.444 e. The third-order valence-corrected chi connectivity index (χ3v) is 4.12. The van der Waals surface area contributed by atoms with Crippen molar-refractivity contribution in [3.05, 3.63) is 70.8 Å². The lowest BCUT2D eigenvalue weighted by atomic mass is 10.1. The number of nitrogens with one attached hydrogen (secondary N) is 1. The van der Waals surface area contributed by atoms with Crippen LogP contribution >= 0.6 is 0 Å². The maximum absolute atomic E-state index is 14.3. The van der Waals surface area contributed by atoms with Gasteiger partial charge in [0.2, 0.25) is 0 Å². The van der Waals surface area contributed by atoms with Crippen molar-refractivity contribution in [1.29, 1.82) is 0 Å². The molecule has 2 aromatic rings. The van der Waals surface area contributed by atoms with Crippen LogP contribution in [0.5, 0.6) is 0 Å². The van der Waals surface area contributed by atoms with E-state index in [1.54, 1.807) is 20.8 Å². The number of carbonyl (C=O) groups is 4. The highest BCUT2D eigenvalue weighted by Gasteiger charge is 2.41. The van der Waals surface area contributed by atoms with E-state index in [2.05, 4.69) is 0 Å². The van der Waals surface area contributed by atoms with Gasteiger partial charge in [-0.1, -0.05) is 23.3 Å². The molecule has 0 radical (unpaired) electrons. The predicted octanol–water partition coefficient (Wildman–Crippen LogP) is 3.29. The Kier molecular flexibility index (Phi) is 5.74. The standard InChI is InChI=1S/C21H18F2N2O6/c1-21(2,3)30-20(29)24-16(15-13(22)9-6-10-14(15)23)19(28)31-25-17(26)11-7-4-5-8-12(11)18(25)27/h4-10,16H,1-3H3,(H,24,29). The number of hydrogen-bond donors (Lipinski definition) is 1. The number of hydroxylamine groups is 2. The number of amides is 3. The predicted molar refractivity (Wildman–Crippen MR) is 102 cm³/mol. The van der Waals surface area contributed by atoms with Gasteiger partial charge in [-0.2, -0.15) is 0 Å². The Morgan fingerprint density at radius 2 is 1.45 bits per heavy atom. The van der Waals surface area contributed by atoms with Crippen LogP contribution in [-0.4, -0.2) is 34.5 Å². The second kappa shape index (κ2) is 8.13. The van der Waals surface area contributed by atoms with Gasteiger partial charge in [-0.3, -0.25) is 9.59 Å². The van der Waals surface area contributed by atoms with E-state index in [1.807, 2.05) is 5.32 Å². The second-order valence-electron chi connectivity index (χ2n) is 7.58. The van der Waals surface area contributed by atoms with Crippen LogP contribution in [0.25, 0.3) is 0 Å². The number of hydrogen-bond acceptors (Lipinski definition) is 6. The van der Waals surface area contributed by atoms with E-state index in [4.69, 9.17) is 9.57 Å². The first-order chi connectivity index (χ1) is 14.5. The molecule has 1 atom stereocenters. The van der Waals surface area contributed by atoms with Crippen molar-refractivity contribution in [3.8, 4) is 0 Å². The van der Waals surface area contributed by atoms with Crippen molar-refractivity contribution >= 4 is 23.9 Å². The highest BCUT2D eigenvalue weighted by Crippen LogP contribution is 2.27. The third-order valence-electron chi connectivity index (χ3n) is 4.12. The van der Waals surface area contributed by atoms with Gasteiger partial charge in [-0.05, 0) is 45.0 Å². The summed E-state index contributed by atoms with van der Waals surface area (Å²) in [5.74, 6) is -5.64. The summed E-state index contributed by atoms with van der Waals surface area (Å²) in [4.78, 5) is 54.6. The highest BCUT2D eigenvalue weighted by atomic mass is 19.1. The van der Waals surface area contributed by atoms with Crippen LogP contribution in [-0.2, 0) is 14.4 Å². The fraction of sp³-hybridized carbons (Fsp3) is 0.238. The van der Waals surface area contributed by atoms with E-state index in [9.17, 15) is 28.0 Å². The number of imide groups is 1. The number of halogens is 2. The number of fused-ring (bicyclic) bond motifs is 1. The van der Waals surface area contributed by atoms with Crippen molar-refractivity contribution in [2.75, 3.05) is 0 Å². The molecule has 0 spiro atoms. The first-order valence-corrected chi connectivity index (χ1v) is 9.12. The van der Waals surface area contributed by atoms with Crippen LogP contribution in [0.1, 0.15) is 53.1 Å². The van der Waals surface area contributed by atoms with E-state index < -0.39 is 52.7 Å². The Hall–Kier alpha value is -3.82. The summed E-state index contributed by atoms with van der Waals surface area (Å²) in [6.07, 6.45) is -1.17. The van der Waals surface area contributed by atoms with Crippen molar-refractivity contribution in [2.45, 2.75) is 32.4 Å². The molecule has 0 aliphatic carbocycles. The first-order valence-electron chi connectivity index (χ1n) is 9.12. The zero-order chi connectivity index (χ0) is 22.9. The smallest absolute Gasteiger partial charge is 0.408 e. The van der Waals surface area contributed by atoms with Gasteiger partial charge in [0.25, 0.3) is 11.8 Å². The minimum atomic E-state index is -2.04. The molecule has 0 saturated carbocycles. The summed E-state index contributed by atoms with van der Waals surface area (Å²) in [7, 11) is 0. The number of carbonyl (C=O) groups excluding carboxylic acids is 4. The van der Waals surface area contributed by atoms with E-state index in [0.29, 0.717) is 0 Å². The zero-order valence-corrected chi connectivity index (χ0v) is 16.8. The Balaban J connectivity index is 1.91. The first kappa shape index (κ1) is 21.9. The number of ether oxygens (including phenoxy) is 1. The van der Waals surface area contributed by atoms with E-state index in [-0.39, 0.29) is 16.2 Å². The molecule has 3 amide bonds. The summed E-state index contributed by atoms with van der Waals surface area (Å²) in [6, 6.07) is 6.50. The van der Waals surface area contributed by atoms with Crippen molar-refractivity contribution in [2.24, 2.45) is 0 Å². The van der Waals surface area contributed by atoms with Gasteiger partial charge in [0.05, 0.1) is 16.7 Å². The number of alkyl carbamates (subject to hydrolysis) is 1. The molecule has 1 heterocycles. The average molecular weight is 432 g/mol. The van der Waals surface area contributed by atoms with Gasteiger partial charge in [-0.15, -0.1) is 0 Å². The normalized spacial score (nSPS) is 14.2. The molecule has 10 heteroatoms. The zero-order valence-electron chi connectivity index (χ0n) is 16.8. The van der Waals surface area contributed by atoms with Crippen molar-refractivity contribution in [1.82, 2.24) is 10.4 Å². The molecule has 1 unspecified atom stereocenters. The number of nitrogens with zero attached hydrogens (tertiary/aromatic N) is 1. The number of rotatable bonds is 4. The Labute approximate surface area is 175 Å². The number of benzene rings is 2. The van der Waals surface area contributed by atoms with Gasteiger partial charge in [0.1, 0.15) is 17.2 Å². The van der Waals surface area contributed by atoms with Gasteiger partial charge in [0.15, 0.2) is 6.04 Å². The summed E-state index contributed by atoms with van der Waals surface area (Å²) in [5, 5.41) is 2.21. The van der Waals surface area contributed by atoms with Gasteiger partial charge in [0, 0.05) is 0 Å². The Bertz CT molecular complexity index is 1020. The molecular formula is C21H18F2N2O6. The lowest BCUT2D eigenvalue weighted by Gasteiger charge is -2.24. The van der Waals surface area contributed by atoms with Crippen LogP contribution in [0.15, 0.2) is 42.5 Å². The van der Waals surface area contributed by atoms with Gasteiger partial charge in [-0.25, -0.2) is 18.4 Å². The summed E-state index contributed by atoms with van der Waals surface area (Å²) in [6.45, 7) is 4.63. The molecule has 0 bridgehead atoms. The fourth-order valence-corrected chi connectivity index (χ4v) is 2.85. The molecule has 3 rings (SSSR count). The van der Waals surface area contributed by atoms with Crippen LogP contribution < -0.4 is 5.32 Å². The molecule has 2 aromatic carbocycles. The molecule has 1 N–H and O–H groups in total. The summed E-state index contributed by atoms with van der Waals surface area (Å²) in [5.41, 5.74) is -1.83. The second-order valence-corrected chi connectivity index (χ2v) is 7.58. The molecule has 1 aliphatic rings.